The average Bonchev–Trinajstić information content (AvgIpc) is 3.00. The van der Waals surface area contributed by atoms with Crippen LogP contribution in [-0.2, 0) is 0 Å². The molecule has 1 unspecified atom stereocenters. The fraction of sp³-hybridized carbons (Fsp3) is 0.0909. The van der Waals surface area contributed by atoms with E-state index in [-0.39, 0.29) is 6.04 Å². The summed E-state index contributed by atoms with van der Waals surface area (Å²) in [7, 11) is 0. The van der Waals surface area contributed by atoms with Gasteiger partial charge in [-0.1, -0.05) is 23.7 Å². The number of nitrogens with one attached hydrogen (secondary N) is 2. The minimum Gasteiger partial charge on any atom is -0.457 e. The summed E-state index contributed by atoms with van der Waals surface area (Å²) in [5.74, 6) is 6.17. The molecule has 0 aliphatic rings. The summed E-state index contributed by atoms with van der Waals surface area (Å²) < 4.78 is 5.72. The van der Waals surface area contributed by atoms with Gasteiger partial charge in [0.2, 0.25) is 0 Å². The van der Waals surface area contributed by atoms with Crippen LogP contribution in [0.2, 0.25) is 5.02 Å². The maximum atomic E-state index is 6.06. The van der Waals surface area contributed by atoms with E-state index in [2.05, 4.69) is 20.8 Å². The molecule has 0 spiro atoms. The Labute approximate surface area is 107 Å². The number of aromatic amines is 1. The molecule has 0 bridgehead atoms. The Morgan fingerprint density at radius 2 is 2.33 bits per heavy atom. The summed E-state index contributed by atoms with van der Waals surface area (Å²) in [6.07, 6.45) is 1.58. The molecule has 2 aromatic heterocycles. The number of nitrogens with zero attached hydrogens (tertiary/aromatic N) is 2. The van der Waals surface area contributed by atoms with Crippen molar-refractivity contribution < 1.29 is 4.42 Å². The topological polar surface area (TPSA) is 92.8 Å². The van der Waals surface area contributed by atoms with Gasteiger partial charge >= 0.3 is 0 Å². The van der Waals surface area contributed by atoms with Gasteiger partial charge in [0.15, 0.2) is 5.58 Å². The number of rotatable bonds is 3. The molecule has 18 heavy (non-hydrogen) atoms. The van der Waals surface area contributed by atoms with Crippen molar-refractivity contribution in [3.63, 3.8) is 0 Å². The van der Waals surface area contributed by atoms with E-state index in [9.17, 15) is 0 Å². The summed E-state index contributed by atoms with van der Waals surface area (Å²) in [5, 5.41) is 11.8. The second-order valence-electron chi connectivity index (χ2n) is 3.80. The van der Waals surface area contributed by atoms with Crippen LogP contribution >= 0.6 is 11.6 Å². The van der Waals surface area contributed by atoms with Crippen LogP contribution in [0.3, 0.4) is 0 Å². The third-order valence-electron chi connectivity index (χ3n) is 2.70. The lowest BCUT2D eigenvalue weighted by atomic mass is 10.1. The van der Waals surface area contributed by atoms with E-state index in [1.165, 1.54) is 0 Å². The number of benzene rings is 1. The van der Waals surface area contributed by atoms with Gasteiger partial charge < -0.3 is 4.42 Å². The number of fused-ring (bicyclic) bond motifs is 1. The molecule has 0 radical (unpaired) electrons. The molecular formula is C11H10ClN5O. The molecular weight excluding hydrogens is 254 g/mol. The van der Waals surface area contributed by atoms with E-state index >= 15 is 0 Å². The molecule has 0 aliphatic heterocycles. The lowest BCUT2D eigenvalue weighted by Crippen LogP contribution is -2.28. The first-order valence-corrected chi connectivity index (χ1v) is 5.67. The molecule has 92 valence electrons. The Balaban J connectivity index is 2.11. The van der Waals surface area contributed by atoms with Crippen molar-refractivity contribution in [3.8, 4) is 0 Å². The molecule has 1 atom stereocenters. The molecule has 0 saturated carbocycles. The van der Waals surface area contributed by atoms with E-state index in [1.54, 1.807) is 12.3 Å². The smallest absolute Gasteiger partial charge is 0.152 e. The Morgan fingerprint density at radius 1 is 1.44 bits per heavy atom. The Kier molecular flexibility index (Phi) is 2.75. The molecule has 3 rings (SSSR count). The van der Waals surface area contributed by atoms with Gasteiger partial charge in [-0.25, -0.2) is 5.43 Å². The van der Waals surface area contributed by atoms with Crippen molar-refractivity contribution in [1.29, 1.82) is 0 Å². The zero-order valence-corrected chi connectivity index (χ0v) is 9.98. The highest BCUT2D eigenvalue weighted by atomic mass is 35.5. The van der Waals surface area contributed by atoms with E-state index in [4.69, 9.17) is 21.9 Å². The molecule has 1 aromatic carbocycles. The normalized spacial score (nSPS) is 13.0. The maximum absolute atomic E-state index is 6.06. The number of halogens is 1. The van der Waals surface area contributed by atoms with Gasteiger partial charge in [0.05, 0.1) is 11.2 Å². The minimum absolute atomic E-state index is 0.368. The predicted molar refractivity (Wildman–Crippen MR) is 66.8 cm³/mol. The lowest BCUT2D eigenvalue weighted by molar-refractivity contribution is 0.471. The molecule has 0 aliphatic carbocycles. The molecule has 0 amide bonds. The first-order valence-electron chi connectivity index (χ1n) is 5.29. The Morgan fingerprint density at radius 3 is 3.00 bits per heavy atom. The zero-order valence-electron chi connectivity index (χ0n) is 9.22. The number of hydrogen-bond acceptors (Lipinski definition) is 5. The van der Waals surface area contributed by atoms with Crippen molar-refractivity contribution in [2.75, 3.05) is 0 Å². The van der Waals surface area contributed by atoms with Crippen molar-refractivity contribution >= 4 is 22.6 Å². The highest BCUT2D eigenvalue weighted by molar-refractivity contribution is 6.34. The molecule has 2 heterocycles. The first kappa shape index (κ1) is 11.2. The van der Waals surface area contributed by atoms with Crippen LogP contribution in [0.4, 0.5) is 0 Å². The van der Waals surface area contributed by atoms with Crippen LogP contribution in [0.1, 0.15) is 17.5 Å². The molecule has 4 N–H and O–H groups in total. The quantitative estimate of drug-likeness (QED) is 0.495. The number of hydrazine groups is 1. The lowest BCUT2D eigenvalue weighted by Gasteiger charge is -2.08. The van der Waals surface area contributed by atoms with Crippen LogP contribution < -0.4 is 11.3 Å². The number of hydrogen-bond donors (Lipinski definition) is 3. The number of H-pyrrole nitrogens is 1. The standard InChI is InChI=1S/C11H10ClN5O/c12-7-3-1-2-6-4-9(18-11(6)7)10(15-13)8-5-14-17-16-8/h1-5,10,15H,13H2,(H,14,16,17). The van der Waals surface area contributed by atoms with E-state index < -0.39 is 0 Å². The summed E-state index contributed by atoms with van der Waals surface area (Å²) in [4.78, 5) is 0. The SMILES string of the molecule is NNC(c1cn[nH]n1)c1cc2cccc(Cl)c2o1. The van der Waals surface area contributed by atoms with Gasteiger partial charge in [-0.2, -0.15) is 15.4 Å². The van der Waals surface area contributed by atoms with Gasteiger partial charge in [0.25, 0.3) is 0 Å². The third-order valence-corrected chi connectivity index (χ3v) is 2.99. The number of furan rings is 1. The van der Waals surface area contributed by atoms with Gasteiger partial charge in [0, 0.05) is 5.39 Å². The van der Waals surface area contributed by atoms with Gasteiger partial charge in [-0.15, -0.1) is 0 Å². The predicted octanol–water partition coefficient (Wildman–Crippen LogP) is 1.76. The van der Waals surface area contributed by atoms with Crippen molar-refractivity contribution in [2.24, 2.45) is 5.84 Å². The van der Waals surface area contributed by atoms with Crippen LogP contribution in [0.5, 0.6) is 0 Å². The van der Waals surface area contributed by atoms with Crippen molar-refractivity contribution in [2.45, 2.75) is 6.04 Å². The highest BCUT2D eigenvalue weighted by Gasteiger charge is 2.20. The summed E-state index contributed by atoms with van der Waals surface area (Å²) in [6.45, 7) is 0. The Hall–Kier alpha value is -1.89. The highest BCUT2D eigenvalue weighted by Crippen LogP contribution is 2.30. The van der Waals surface area contributed by atoms with Crippen LogP contribution in [0, 0.1) is 0 Å². The molecule has 6 nitrogen and oxygen atoms in total. The van der Waals surface area contributed by atoms with E-state index in [0.29, 0.717) is 22.1 Å². The largest absolute Gasteiger partial charge is 0.457 e. The van der Waals surface area contributed by atoms with Gasteiger partial charge in [-0.3, -0.25) is 5.84 Å². The monoisotopic (exact) mass is 263 g/mol. The fourth-order valence-corrected chi connectivity index (χ4v) is 2.07. The van der Waals surface area contributed by atoms with Gasteiger partial charge in [0.1, 0.15) is 17.5 Å². The van der Waals surface area contributed by atoms with Crippen molar-refractivity contribution in [3.05, 3.63) is 46.9 Å². The third kappa shape index (κ3) is 1.76. The van der Waals surface area contributed by atoms with Crippen LogP contribution in [0.15, 0.2) is 34.9 Å². The summed E-state index contributed by atoms with van der Waals surface area (Å²) in [6, 6.07) is 7.07. The summed E-state index contributed by atoms with van der Waals surface area (Å²) >= 11 is 6.06. The van der Waals surface area contributed by atoms with Crippen molar-refractivity contribution in [1.82, 2.24) is 20.8 Å². The van der Waals surface area contributed by atoms with Gasteiger partial charge in [-0.05, 0) is 12.1 Å². The number of nitrogens with two attached hydrogens (primary N) is 1. The Bertz CT molecular complexity index is 663. The molecule has 3 aromatic rings. The second kappa shape index (κ2) is 4.41. The number of aromatic nitrogens is 3. The fourth-order valence-electron chi connectivity index (χ4n) is 1.85. The first-order chi connectivity index (χ1) is 8.79. The maximum Gasteiger partial charge on any atom is 0.152 e. The molecule has 0 fully saturated rings. The summed E-state index contributed by atoms with van der Waals surface area (Å²) in [5.41, 5.74) is 3.92. The van der Waals surface area contributed by atoms with E-state index in [0.717, 1.165) is 5.39 Å². The van der Waals surface area contributed by atoms with E-state index in [1.807, 2.05) is 18.2 Å². The van der Waals surface area contributed by atoms with Crippen LogP contribution in [-0.4, -0.2) is 15.4 Å². The average molecular weight is 264 g/mol. The minimum atomic E-state index is -0.368. The molecule has 0 saturated heterocycles. The number of para-hydroxylation sites is 1. The second-order valence-corrected chi connectivity index (χ2v) is 4.21. The van der Waals surface area contributed by atoms with Crippen LogP contribution in [0.25, 0.3) is 11.0 Å². The molecule has 7 heteroatoms. The zero-order chi connectivity index (χ0) is 12.5.